The predicted molar refractivity (Wildman–Crippen MR) is 60.0 cm³/mol. The molecule has 82 valence electrons. The van der Waals surface area contributed by atoms with Gasteiger partial charge in [0.1, 0.15) is 5.69 Å². The molecule has 0 radical (unpaired) electrons. The average molecular weight is 216 g/mol. The van der Waals surface area contributed by atoms with Gasteiger partial charge in [-0.15, -0.1) is 0 Å². The fourth-order valence-corrected chi connectivity index (χ4v) is 1.34. The van der Waals surface area contributed by atoms with E-state index in [1.54, 1.807) is 29.2 Å². The van der Waals surface area contributed by atoms with Crippen LogP contribution >= 0.6 is 0 Å². The minimum Gasteiger partial charge on any atom is -0.397 e. The number of hydrogen-bond acceptors (Lipinski definition) is 4. The van der Waals surface area contributed by atoms with Gasteiger partial charge in [0.05, 0.1) is 23.6 Å². The molecule has 2 N–H and O–H groups in total. The van der Waals surface area contributed by atoms with Gasteiger partial charge in [-0.3, -0.25) is 14.5 Å². The van der Waals surface area contributed by atoms with E-state index in [0.717, 1.165) is 6.54 Å². The van der Waals surface area contributed by atoms with Crippen LogP contribution in [0.2, 0.25) is 0 Å². The standard InChI is InChI=1S/C11H12N4O/c1-2-15-7-8(5-14-15)11(16)10-4-3-9(12)6-13-10/h3-7H,2,12H2,1H3. The molecule has 0 aliphatic rings. The van der Waals surface area contributed by atoms with Crippen molar-refractivity contribution in [1.82, 2.24) is 14.8 Å². The summed E-state index contributed by atoms with van der Waals surface area (Å²) in [4.78, 5) is 15.9. The van der Waals surface area contributed by atoms with Crippen LogP contribution in [-0.4, -0.2) is 20.5 Å². The fourth-order valence-electron chi connectivity index (χ4n) is 1.34. The maximum absolute atomic E-state index is 11.9. The number of carbonyl (C=O) groups excluding carboxylic acids is 1. The number of carbonyl (C=O) groups is 1. The third-order valence-electron chi connectivity index (χ3n) is 2.24. The van der Waals surface area contributed by atoms with E-state index >= 15 is 0 Å². The monoisotopic (exact) mass is 216 g/mol. The molecule has 0 aliphatic carbocycles. The molecular formula is C11H12N4O. The fraction of sp³-hybridized carbons (Fsp3) is 0.182. The number of ketones is 1. The van der Waals surface area contributed by atoms with Gasteiger partial charge in [-0.25, -0.2) is 0 Å². The number of pyridine rings is 1. The number of nitrogen functional groups attached to an aromatic ring is 1. The Morgan fingerprint density at radius 3 is 2.81 bits per heavy atom. The smallest absolute Gasteiger partial charge is 0.214 e. The highest BCUT2D eigenvalue weighted by Gasteiger charge is 2.12. The Balaban J connectivity index is 2.28. The number of aromatic nitrogens is 3. The molecule has 0 spiro atoms. The van der Waals surface area contributed by atoms with E-state index in [2.05, 4.69) is 10.1 Å². The summed E-state index contributed by atoms with van der Waals surface area (Å²) in [7, 11) is 0. The van der Waals surface area contributed by atoms with Gasteiger partial charge in [0.2, 0.25) is 5.78 Å². The molecule has 0 bridgehead atoms. The van der Waals surface area contributed by atoms with E-state index in [1.165, 1.54) is 6.20 Å². The molecule has 0 atom stereocenters. The minimum atomic E-state index is -0.139. The zero-order valence-electron chi connectivity index (χ0n) is 8.92. The zero-order valence-corrected chi connectivity index (χ0v) is 8.92. The molecule has 5 heteroatoms. The first-order valence-electron chi connectivity index (χ1n) is 4.99. The molecule has 2 rings (SSSR count). The Labute approximate surface area is 92.9 Å². The lowest BCUT2D eigenvalue weighted by atomic mass is 10.1. The maximum Gasteiger partial charge on any atom is 0.214 e. The van der Waals surface area contributed by atoms with Crippen LogP contribution in [0.5, 0.6) is 0 Å². The van der Waals surface area contributed by atoms with E-state index < -0.39 is 0 Å². The Morgan fingerprint density at radius 2 is 2.25 bits per heavy atom. The average Bonchev–Trinajstić information content (AvgIpc) is 2.77. The topological polar surface area (TPSA) is 73.8 Å². The van der Waals surface area contributed by atoms with Crippen molar-refractivity contribution in [2.45, 2.75) is 13.5 Å². The molecule has 0 saturated heterocycles. The SMILES string of the molecule is CCn1cc(C(=O)c2ccc(N)cn2)cn1. The summed E-state index contributed by atoms with van der Waals surface area (Å²) in [6.07, 6.45) is 4.72. The lowest BCUT2D eigenvalue weighted by Crippen LogP contribution is -2.03. The summed E-state index contributed by atoms with van der Waals surface area (Å²) < 4.78 is 1.70. The largest absolute Gasteiger partial charge is 0.397 e. The van der Waals surface area contributed by atoms with Gasteiger partial charge in [0, 0.05) is 12.7 Å². The van der Waals surface area contributed by atoms with Crippen molar-refractivity contribution >= 4 is 11.5 Å². The van der Waals surface area contributed by atoms with Crippen molar-refractivity contribution in [2.24, 2.45) is 0 Å². The van der Waals surface area contributed by atoms with Crippen molar-refractivity contribution < 1.29 is 4.79 Å². The molecule has 2 aromatic heterocycles. The van der Waals surface area contributed by atoms with Crippen LogP contribution in [-0.2, 0) is 6.54 Å². The molecule has 2 heterocycles. The van der Waals surface area contributed by atoms with Gasteiger partial charge in [-0.2, -0.15) is 5.10 Å². The zero-order chi connectivity index (χ0) is 11.5. The summed E-state index contributed by atoms with van der Waals surface area (Å²) in [6, 6.07) is 3.27. The minimum absolute atomic E-state index is 0.139. The molecule has 0 saturated carbocycles. The van der Waals surface area contributed by atoms with Crippen LogP contribution in [0.25, 0.3) is 0 Å². The number of rotatable bonds is 3. The second-order valence-electron chi connectivity index (χ2n) is 3.39. The normalized spacial score (nSPS) is 10.3. The van der Waals surface area contributed by atoms with Gasteiger partial charge in [-0.05, 0) is 19.1 Å². The number of hydrogen-bond donors (Lipinski definition) is 1. The summed E-state index contributed by atoms with van der Waals surface area (Å²) in [6.45, 7) is 2.70. The molecular weight excluding hydrogens is 204 g/mol. The van der Waals surface area contributed by atoms with Gasteiger partial charge in [-0.1, -0.05) is 0 Å². The van der Waals surface area contributed by atoms with Gasteiger partial charge in [0.25, 0.3) is 0 Å². The summed E-state index contributed by atoms with van der Waals surface area (Å²) in [5, 5.41) is 4.04. The predicted octanol–water partition coefficient (Wildman–Crippen LogP) is 1.11. The van der Waals surface area contributed by atoms with E-state index in [4.69, 9.17) is 5.73 Å². The summed E-state index contributed by atoms with van der Waals surface area (Å²) >= 11 is 0. The van der Waals surface area contributed by atoms with Crippen molar-refractivity contribution in [3.63, 3.8) is 0 Å². The van der Waals surface area contributed by atoms with Crippen LogP contribution in [0.3, 0.4) is 0 Å². The second-order valence-corrected chi connectivity index (χ2v) is 3.39. The van der Waals surface area contributed by atoms with Crippen LogP contribution < -0.4 is 5.73 Å². The molecule has 5 nitrogen and oxygen atoms in total. The van der Waals surface area contributed by atoms with E-state index in [0.29, 0.717) is 16.9 Å². The first kappa shape index (κ1) is 10.4. The molecule has 0 aliphatic heterocycles. The Hall–Kier alpha value is -2.17. The Bertz CT molecular complexity index is 501. The molecule has 16 heavy (non-hydrogen) atoms. The quantitative estimate of drug-likeness (QED) is 0.780. The molecule has 0 unspecified atom stereocenters. The first-order chi connectivity index (χ1) is 7.70. The number of anilines is 1. The van der Waals surface area contributed by atoms with Gasteiger partial charge in [0.15, 0.2) is 0 Å². The number of nitrogens with zero attached hydrogens (tertiary/aromatic N) is 3. The van der Waals surface area contributed by atoms with E-state index in [1.807, 2.05) is 6.92 Å². The van der Waals surface area contributed by atoms with Crippen LogP contribution in [0, 0.1) is 0 Å². The second kappa shape index (κ2) is 4.14. The highest BCUT2D eigenvalue weighted by molar-refractivity contribution is 6.07. The van der Waals surface area contributed by atoms with E-state index in [-0.39, 0.29) is 5.78 Å². The first-order valence-corrected chi connectivity index (χ1v) is 4.99. The summed E-state index contributed by atoms with van der Waals surface area (Å²) in [5.74, 6) is -0.139. The van der Waals surface area contributed by atoms with Gasteiger partial charge >= 0.3 is 0 Å². The van der Waals surface area contributed by atoms with E-state index in [9.17, 15) is 4.79 Å². The third kappa shape index (κ3) is 1.93. The lowest BCUT2D eigenvalue weighted by Gasteiger charge is -1.97. The van der Waals surface area contributed by atoms with Crippen molar-refractivity contribution in [1.29, 1.82) is 0 Å². The Kier molecular flexibility index (Phi) is 2.68. The maximum atomic E-state index is 11.9. The highest BCUT2D eigenvalue weighted by Crippen LogP contribution is 2.08. The molecule has 0 aromatic carbocycles. The molecule has 0 fully saturated rings. The third-order valence-corrected chi connectivity index (χ3v) is 2.24. The van der Waals surface area contributed by atoms with Crippen molar-refractivity contribution in [3.05, 3.63) is 42.0 Å². The summed E-state index contributed by atoms with van der Waals surface area (Å²) in [5.41, 5.74) is 6.96. The molecule has 0 amide bonds. The highest BCUT2D eigenvalue weighted by atomic mass is 16.1. The number of aryl methyl sites for hydroxylation is 1. The van der Waals surface area contributed by atoms with Crippen molar-refractivity contribution in [2.75, 3.05) is 5.73 Å². The number of nitrogens with two attached hydrogens (primary N) is 1. The van der Waals surface area contributed by atoms with Crippen LogP contribution in [0.1, 0.15) is 23.0 Å². The van der Waals surface area contributed by atoms with Crippen LogP contribution in [0.4, 0.5) is 5.69 Å². The van der Waals surface area contributed by atoms with Crippen molar-refractivity contribution in [3.8, 4) is 0 Å². The van der Waals surface area contributed by atoms with Crippen LogP contribution in [0.15, 0.2) is 30.7 Å². The lowest BCUT2D eigenvalue weighted by molar-refractivity contribution is 0.103. The Morgan fingerprint density at radius 1 is 1.44 bits per heavy atom. The van der Waals surface area contributed by atoms with Gasteiger partial charge < -0.3 is 5.73 Å². The molecule has 2 aromatic rings.